The van der Waals surface area contributed by atoms with Crippen LogP contribution in [0.1, 0.15) is 18.9 Å². The van der Waals surface area contributed by atoms with Crippen LogP contribution in [-0.4, -0.2) is 29.8 Å². The van der Waals surface area contributed by atoms with Gasteiger partial charge >= 0.3 is 6.18 Å². The van der Waals surface area contributed by atoms with Crippen molar-refractivity contribution in [3.05, 3.63) is 22.8 Å². The molecule has 0 amide bonds. The second kappa shape index (κ2) is 6.24. The fourth-order valence-corrected chi connectivity index (χ4v) is 1.78. The molecule has 0 saturated heterocycles. The lowest BCUT2D eigenvalue weighted by molar-refractivity contribution is -0.137. The zero-order valence-electron chi connectivity index (χ0n) is 9.84. The molecule has 0 aliphatic carbocycles. The minimum Gasteiger partial charge on any atom is -0.396 e. The third-order valence-electron chi connectivity index (χ3n) is 2.42. The Kier molecular flexibility index (Phi) is 5.22. The molecule has 1 aromatic rings. The standard InChI is InChI=1S/C11H14ClF3N2O/c1-2-17(4-3-5-18)10-9(12)6-8(7-16-10)11(13,14)15/h6-7,18H,2-5H2,1H3. The molecule has 0 aliphatic rings. The Morgan fingerprint density at radius 3 is 2.56 bits per heavy atom. The third-order valence-corrected chi connectivity index (χ3v) is 2.69. The Hall–Kier alpha value is -1.01. The minimum absolute atomic E-state index is 0.00868. The van der Waals surface area contributed by atoms with Gasteiger partial charge in [0, 0.05) is 25.9 Å². The summed E-state index contributed by atoms with van der Waals surface area (Å²) in [5, 5.41) is 8.71. The number of nitrogens with zero attached hydrogens (tertiary/aromatic N) is 2. The van der Waals surface area contributed by atoms with Crippen LogP contribution in [0, 0.1) is 0 Å². The van der Waals surface area contributed by atoms with Crippen LogP contribution < -0.4 is 4.90 Å². The van der Waals surface area contributed by atoms with Crippen molar-refractivity contribution in [2.45, 2.75) is 19.5 Å². The van der Waals surface area contributed by atoms with Crippen LogP contribution in [0.3, 0.4) is 0 Å². The summed E-state index contributed by atoms with van der Waals surface area (Å²) in [5.41, 5.74) is -0.866. The average Bonchev–Trinajstić information content (AvgIpc) is 2.30. The number of rotatable bonds is 5. The molecular formula is C11H14ClF3N2O. The van der Waals surface area contributed by atoms with Gasteiger partial charge in [-0.2, -0.15) is 13.2 Å². The van der Waals surface area contributed by atoms with Gasteiger partial charge in [0.15, 0.2) is 0 Å². The maximum absolute atomic E-state index is 12.4. The third kappa shape index (κ3) is 3.74. The number of hydrogen-bond donors (Lipinski definition) is 1. The number of hydrogen-bond acceptors (Lipinski definition) is 3. The van der Waals surface area contributed by atoms with E-state index in [1.807, 2.05) is 6.92 Å². The number of aromatic nitrogens is 1. The van der Waals surface area contributed by atoms with E-state index in [0.29, 0.717) is 25.3 Å². The summed E-state index contributed by atoms with van der Waals surface area (Å²) in [7, 11) is 0. The van der Waals surface area contributed by atoms with Gasteiger partial charge in [0.25, 0.3) is 0 Å². The fourth-order valence-electron chi connectivity index (χ4n) is 1.49. The summed E-state index contributed by atoms with van der Waals surface area (Å²) in [6.45, 7) is 2.89. The van der Waals surface area contributed by atoms with Crippen LogP contribution in [0.2, 0.25) is 5.02 Å². The highest BCUT2D eigenvalue weighted by molar-refractivity contribution is 6.33. The number of anilines is 1. The summed E-state index contributed by atoms with van der Waals surface area (Å²) in [5.74, 6) is 0.306. The van der Waals surface area contributed by atoms with Gasteiger partial charge in [-0.1, -0.05) is 11.6 Å². The lowest BCUT2D eigenvalue weighted by Gasteiger charge is -2.23. The summed E-state index contributed by atoms with van der Waals surface area (Å²) < 4.78 is 37.3. The Balaban J connectivity index is 2.96. The monoisotopic (exact) mass is 282 g/mol. The van der Waals surface area contributed by atoms with Crippen molar-refractivity contribution in [3.8, 4) is 0 Å². The predicted octanol–water partition coefficient (Wildman–Crippen LogP) is 2.96. The second-order valence-electron chi connectivity index (χ2n) is 3.68. The van der Waals surface area contributed by atoms with E-state index in [4.69, 9.17) is 16.7 Å². The van der Waals surface area contributed by atoms with Gasteiger partial charge < -0.3 is 10.0 Å². The molecule has 0 aromatic carbocycles. The van der Waals surface area contributed by atoms with Crippen LogP contribution in [0.25, 0.3) is 0 Å². The van der Waals surface area contributed by atoms with Crippen molar-refractivity contribution in [2.24, 2.45) is 0 Å². The van der Waals surface area contributed by atoms with E-state index in [2.05, 4.69) is 4.98 Å². The molecule has 0 fully saturated rings. The van der Waals surface area contributed by atoms with E-state index in [9.17, 15) is 13.2 Å². The van der Waals surface area contributed by atoms with E-state index < -0.39 is 11.7 Å². The van der Waals surface area contributed by atoms with E-state index in [-0.39, 0.29) is 11.6 Å². The molecule has 1 rings (SSSR count). The number of aliphatic hydroxyl groups excluding tert-OH is 1. The number of alkyl halides is 3. The van der Waals surface area contributed by atoms with Gasteiger partial charge in [-0.05, 0) is 19.4 Å². The van der Waals surface area contributed by atoms with Gasteiger partial charge in [-0.15, -0.1) is 0 Å². The molecule has 0 aliphatic heterocycles. The lowest BCUT2D eigenvalue weighted by atomic mass is 10.2. The maximum Gasteiger partial charge on any atom is 0.417 e. The predicted molar refractivity (Wildman–Crippen MR) is 63.8 cm³/mol. The van der Waals surface area contributed by atoms with Crippen LogP contribution in [0.4, 0.5) is 19.0 Å². The molecule has 7 heteroatoms. The largest absolute Gasteiger partial charge is 0.417 e. The van der Waals surface area contributed by atoms with Gasteiger partial charge in [-0.3, -0.25) is 0 Å². The lowest BCUT2D eigenvalue weighted by Crippen LogP contribution is -2.26. The molecule has 1 aromatic heterocycles. The van der Waals surface area contributed by atoms with Crippen molar-refractivity contribution in [3.63, 3.8) is 0 Å². The molecule has 1 N–H and O–H groups in total. The van der Waals surface area contributed by atoms with Crippen LogP contribution in [0.15, 0.2) is 12.3 Å². The van der Waals surface area contributed by atoms with Crippen molar-refractivity contribution < 1.29 is 18.3 Å². The highest BCUT2D eigenvalue weighted by Crippen LogP contribution is 2.33. The first-order chi connectivity index (χ1) is 8.40. The molecule has 3 nitrogen and oxygen atoms in total. The molecule has 0 unspecified atom stereocenters. The van der Waals surface area contributed by atoms with Gasteiger partial charge in [0.05, 0.1) is 10.6 Å². The highest BCUT2D eigenvalue weighted by Gasteiger charge is 2.31. The number of halogens is 4. The fraction of sp³-hybridized carbons (Fsp3) is 0.545. The van der Waals surface area contributed by atoms with E-state index in [1.165, 1.54) is 0 Å². The molecule has 0 saturated carbocycles. The Morgan fingerprint density at radius 2 is 2.11 bits per heavy atom. The number of aliphatic hydroxyl groups is 1. The quantitative estimate of drug-likeness (QED) is 0.902. The molecular weight excluding hydrogens is 269 g/mol. The molecule has 102 valence electrons. The SMILES string of the molecule is CCN(CCCO)c1ncc(C(F)(F)F)cc1Cl. The van der Waals surface area contributed by atoms with Gasteiger partial charge in [-0.25, -0.2) is 4.98 Å². The first kappa shape index (κ1) is 15.0. The second-order valence-corrected chi connectivity index (χ2v) is 4.09. The molecule has 0 bridgehead atoms. The molecule has 0 atom stereocenters. The normalized spacial score (nSPS) is 11.7. The van der Waals surface area contributed by atoms with Gasteiger partial charge in [0.2, 0.25) is 0 Å². The van der Waals surface area contributed by atoms with Crippen molar-refractivity contribution >= 4 is 17.4 Å². The van der Waals surface area contributed by atoms with Crippen LogP contribution in [0.5, 0.6) is 0 Å². The molecule has 1 heterocycles. The molecule has 0 radical (unpaired) electrons. The summed E-state index contributed by atoms with van der Waals surface area (Å²) in [4.78, 5) is 5.48. The topological polar surface area (TPSA) is 36.4 Å². The smallest absolute Gasteiger partial charge is 0.396 e. The van der Waals surface area contributed by atoms with Gasteiger partial charge in [0.1, 0.15) is 5.82 Å². The highest BCUT2D eigenvalue weighted by atomic mass is 35.5. The van der Waals surface area contributed by atoms with Crippen LogP contribution >= 0.6 is 11.6 Å². The summed E-state index contributed by atoms with van der Waals surface area (Å²) >= 11 is 5.82. The zero-order valence-corrected chi connectivity index (χ0v) is 10.6. The van der Waals surface area contributed by atoms with Crippen LogP contribution in [-0.2, 0) is 6.18 Å². The first-order valence-electron chi connectivity index (χ1n) is 5.48. The maximum atomic E-state index is 12.4. The Labute approximate surface area is 108 Å². The minimum atomic E-state index is -4.45. The van der Waals surface area contributed by atoms with Crippen molar-refractivity contribution in [2.75, 3.05) is 24.6 Å². The first-order valence-corrected chi connectivity index (χ1v) is 5.86. The van der Waals surface area contributed by atoms with E-state index in [1.54, 1.807) is 4.90 Å². The summed E-state index contributed by atoms with van der Waals surface area (Å²) in [6, 6.07) is 0.867. The van der Waals surface area contributed by atoms with Crippen molar-refractivity contribution in [1.82, 2.24) is 4.98 Å². The molecule has 18 heavy (non-hydrogen) atoms. The average molecular weight is 283 g/mol. The molecule has 0 spiro atoms. The zero-order chi connectivity index (χ0) is 13.8. The number of pyridine rings is 1. The van der Waals surface area contributed by atoms with E-state index in [0.717, 1.165) is 12.3 Å². The summed E-state index contributed by atoms with van der Waals surface area (Å²) in [6.07, 6.45) is -3.17. The van der Waals surface area contributed by atoms with E-state index >= 15 is 0 Å². The Bertz CT molecular complexity index is 398. The van der Waals surface area contributed by atoms with Crippen molar-refractivity contribution in [1.29, 1.82) is 0 Å². The Morgan fingerprint density at radius 1 is 1.44 bits per heavy atom.